The van der Waals surface area contributed by atoms with Crippen LogP contribution in [0.5, 0.6) is 0 Å². The fourth-order valence-corrected chi connectivity index (χ4v) is 9.47. The molecule has 0 N–H and O–H groups in total. The van der Waals surface area contributed by atoms with Crippen molar-refractivity contribution < 1.29 is 18.8 Å². The number of Topliss-reactive ketones (excluding diaryl/α,β-unsaturated/α-hetero) is 1. The van der Waals surface area contributed by atoms with Gasteiger partial charge < -0.3 is 9.16 Å². The van der Waals surface area contributed by atoms with Crippen LogP contribution in [0, 0.1) is 11.8 Å². The molecule has 2 aromatic carbocycles. The largest absolute Gasteiger partial charge is 0.469 e. The fraction of sp³-hybridized carbons (Fsp3) is 0.440. The highest BCUT2D eigenvalue weighted by Crippen LogP contribution is 2.41. The number of benzene rings is 2. The van der Waals surface area contributed by atoms with E-state index in [4.69, 9.17) is 9.16 Å². The first-order chi connectivity index (χ1) is 14.2. The van der Waals surface area contributed by atoms with E-state index in [-0.39, 0.29) is 35.2 Å². The molecule has 1 saturated carbocycles. The van der Waals surface area contributed by atoms with E-state index in [1.165, 1.54) is 17.5 Å². The Hall–Kier alpha value is -2.24. The number of ether oxygens (including phenoxy) is 1. The van der Waals surface area contributed by atoms with E-state index in [2.05, 4.69) is 45.0 Å². The topological polar surface area (TPSA) is 52.6 Å². The monoisotopic (exact) mass is 424 g/mol. The highest BCUT2D eigenvalue weighted by atomic mass is 28.4. The second kappa shape index (κ2) is 8.86. The Morgan fingerprint density at radius 2 is 1.43 bits per heavy atom. The van der Waals surface area contributed by atoms with Gasteiger partial charge in [0, 0.05) is 12.8 Å². The van der Waals surface area contributed by atoms with Crippen LogP contribution in [0.15, 0.2) is 60.7 Å². The molecule has 160 valence electrons. The van der Waals surface area contributed by atoms with Crippen LogP contribution < -0.4 is 10.4 Å². The van der Waals surface area contributed by atoms with E-state index >= 15 is 0 Å². The van der Waals surface area contributed by atoms with Crippen molar-refractivity contribution in [3.8, 4) is 0 Å². The standard InChI is InChI=1S/C25H32O4Si/c1-18-22(24(27)28-5)16-19(26)17-23(18)29-30(25(2,3)4,20-12-8-6-9-13-20)21-14-10-7-11-15-21/h6-15,18,22-23H,16-17H2,1-5H3/t18-,22+,23-/m1/s1. The number of esters is 1. The van der Waals surface area contributed by atoms with Gasteiger partial charge in [-0.25, -0.2) is 0 Å². The van der Waals surface area contributed by atoms with Gasteiger partial charge in [-0.1, -0.05) is 88.4 Å². The summed E-state index contributed by atoms with van der Waals surface area (Å²) in [5.41, 5.74) is 0. The van der Waals surface area contributed by atoms with Crippen molar-refractivity contribution in [2.45, 2.75) is 51.7 Å². The molecule has 1 fully saturated rings. The summed E-state index contributed by atoms with van der Waals surface area (Å²) in [5.74, 6) is -0.825. The smallest absolute Gasteiger partial charge is 0.309 e. The molecule has 0 heterocycles. The van der Waals surface area contributed by atoms with E-state index in [0.29, 0.717) is 6.42 Å². The van der Waals surface area contributed by atoms with Gasteiger partial charge >= 0.3 is 5.97 Å². The Morgan fingerprint density at radius 1 is 0.933 bits per heavy atom. The number of carbonyl (C=O) groups is 2. The fourth-order valence-electron chi connectivity index (χ4n) is 4.70. The third-order valence-corrected chi connectivity index (χ3v) is 11.4. The summed E-state index contributed by atoms with van der Waals surface area (Å²) in [5, 5.41) is 2.16. The first kappa shape index (κ1) is 22.4. The molecule has 0 aromatic heterocycles. The Labute approximate surface area is 180 Å². The lowest BCUT2D eigenvalue weighted by Crippen LogP contribution is -2.68. The molecule has 3 rings (SSSR count). The van der Waals surface area contributed by atoms with Gasteiger partial charge in [0.15, 0.2) is 0 Å². The van der Waals surface area contributed by atoms with E-state index in [0.717, 1.165) is 0 Å². The third-order valence-electron chi connectivity index (χ3n) is 6.35. The average Bonchev–Trinajstić information content (AvgIpc) is 2.73. The zero-order chi connectivity index (χ0) is 21.9. The molecule has 4 nitrogen and oxygen atoms in total. The predicted molar refractivity (Wildman–Crippen MR) is 121 cm³/mol. The van der Waals surface area contributed by atoms with Crippen molar-refractivity contribution in [2.24, 2.45) is 11.8 Å². The van der Waals surface area contributed by atoms with Crippen LogP contribution in [0.1, 0.15) is 40.5 Å². The highest BCUT2D eigenvalue weighted by molar-refractivity contribution is 6.99. The molecule has 30 heavy (non-hydrogen) atoms. The normalized spacial score (nSPS) is 22.6. The second-order valence-electron chi connectivity index (χ2n) is 9.26. The Morgan fingerprint density at radius 3 is 1.87 bits per heavy atom. The van der Waals surface area contributed by atoms with Crippen molar-refractivity contribution in [1.29, 1.82) is 0 Å². The molecule has 1 aliphatic rings. The lowest BCUT2D eigenvalue weighted by Gasteiger charge is -2.47. The summed E-state index contributed by atoms with van der Waals surface area (Å²) in [6.07, 6.45) is 0.231. The number of hydrogen-bond donors (Lipinski definition) is 0. The lowest BCUT2D eigenvalue weighted by molar-refractivity contribution is -0.153. The minimum Gasteiger partial charge on any atom is -0.469 e. The van der Waals surface area contributed by atoms with Gasteiger partial charge in [0.25, 0.3) is 8.32 Å². The van der Waals surface area contributed by atoms with Crippen LogP contribution in [0.2, 0.25) is 5.04 Å². The van der Waals surface area contributed by atoms with Crippen LogP contribution in [0.3, 0.4) is 0 Å². The molecule has 0 unspecified atom stereocenters. The first-order valence-corrected chi connectivity index (χ1v) is 12.5. The first-order valence-electron chi connectivity index (χ1n) is 10.6. The lowest BCUT2D eigenvalue weighted by atomic mass is 9.78. The van der Waals surface area contributed by atoms with Gasteiger partial charge in [0.1, 0.15) is 5.78 Å². The zero-order valence-corrected chi connectivity index (χ0v) is 19.6. The van der Waals surface area contributed by atoms with E-state index in [9.17, 15) is 9.59 Å². The molecule has 0 spiro atoms. The maximum atomic E-state index is 12.6. The minimum atomic E-state index is -2.79. The molecule has 3 atom stereocenters. The molecule has 1 aliphatic carbocycles. The van der Waals surface area contributed by atoms with Crippen molar-refractivity contribution >= 4 is 30.4 Å². The molecule has 5 heteroatoms. The highest BCUT2D eigenvalue weighted by Gasteiger charge is 2.53. The average molecular weight is 425 g/mol. The van der Waals surface area contributed by atoms with Gasteiger partial charge in [0.2, 0.25) is 0 Å². The van der Waals surface area contributed by atoms with Crippen LogP contribution in [0.25, 0.3) is 0 Å². The van der Waals surface area contributed by atoms with Crippen LogP contribution in [-0.4, -0.2) is 33.3 Å². The molecular formula is C25H32O4Si. The van der Waals surface area contributed by atoms with Crippen molar-refractivity contribution in [3.05, 3.63) is 60.7 Å². The molecule has 2 aromatic rings. The Kier molecular flexibility index (Phi) is 6.63. The second-order valence-corrected chi connectivity index (χ2v) is 13.5. The van der Waals surface area contributed by atoms with Gasteiger partial charge in [-0.15, -0.1) is 0 Å². The molecule has 0 aliphatic heterocycles. The summed E-state index contributed by atoms with van der Waals surface area (Å²) in [6.45, 7) is 8.65. The van der Waals surface area contributed by atoms with Crippen molar-refractivity contribution in [3.63, 3.8) is 0 Å². The number of hydrogen-bond acceptors (Lipinski definition) is 4. The van der Waals surface area contributed by atoms with Crippen LogP contribution >= 0.6 is 0 Å². The molecule has 0 saturated heterocycles. The number of rotatable bonds is 5. The van der Waals surface area contributed by atoms with Gasteiger partial charge in [0.05, 0.1) is 19.1 Å². The van der Waals surface area contributed by atoms with E-state index in [1.54, 1.807) is 0 Å². The SMILES string of the molecule is COC(=O)[C@H]1CC(=O)C[C@@H](O[Si](c2ccccc2)(c2ccccc2)C(C)(C)C)[C@@H]1C. The third kappa shape index (κ3) is 4.14. The zero-order valence-electron chi connectivity index (χ0n) is 18.6. The Balaban J connectivity index is 2.14. The molecular weight excluding hydrogens is 392 g/mol. The quantitative estimate of drug-likeness (QED) is 0.542. The molecule has 0 radical (unpaired) electrons. The van der Waals surface area contributed by atoms with Crippen molar-refractivity contribution in [1.82, 2.24) is 0 Å². The van der Waals surface area contributed by atoms with Gasteiger partial charge in [-0.05, 0) is 21.3 Å². The predicted octanol–water partition coefficient (Wildman–Crippen LogP) is 3.72. The summed E-state index contributed by atoms with van der Waals surface area (Å²) in [6, 6.07) is 20.7. The summed E-state index contributed by atoms with van der Waals surface area (Å²) in [7, 11) is -1.41. The maximum absolute atomic E-state index is 12.6. The molecule has 0 bridgehead atoms. The summed E-state index contributed by atoms with van der Waals surface area (Å²) >= 11 is 0. The van der Waals surface area contributed by atoms with Gasteiger partial charge in [-0.3, -0.25) is 9.59 Å². The maximum Gasteiger partial charge on any atom is 0.309 e. The number of methoxy groups -OCH3 is 1. The van der Waals surface area contributed by atoms with Gasteiger partial charge in [-0.2, -0.15) is 0 Å². The van der Waals surface area contributed by atoms with E-state index in [1.807, 2.05) is 43.3 Å². The van der Waals surface area contributed by atoms with Crippen LogP contribution in [0.4, 0.5) is 0 Å². The Bertz CT molecular complexity index is 834. The number of carbonyl (C=O) groups excluding carboxylic acids is 2. The van der Waals surface area contributed by atoms with E-state index < -0.39 is 14.2 Å². The minimum absolute atomic E-state index is 0.0615. The molecule has 0 amide bonds. The summed E-state index contributed by atoms with van der Waals surface area (Å²) < 4.78 is 12.1. The van der Waals surface area contributed by atoms with Crippen molar-refractivity contribution in [2.75, 3.05) is 7.11 Å². The number of ketones is 1. The van der Waals surface area contributed by atoms with Crippen LogP contribution in [-0.2, 0) is 18.8 Å². The summed E-state index contributed by atoms with van der Waals surface area (Å²) in [4.78, 5) is 24.9.